The summed E-state index contributed by atoms with van der Waals surface area (Å²) in [6, 6.07) is 9.11. The second-order valence-corrected chi connectivity index (χ2v) is 4.47. The maximum Gasteiger partial charge on any atom is 0.320 e. The Labute approximate surface area is 105 Å². The molecule has 4 nitrogen and oxygen atoms in total. The van der Waals surface area contributed by atoms with Gasteiger partial charge in [0.1, 0.15) is 17.5 Å². The molecule has 2 rings (SSSR count). The van der Waals surface area contributed by atoms with E-state index in [9.17, 15) is 14.4 Å². The van der Waals surface area contributed by atoms with Crippen LogP contribution in [-0.4, -0.2) is 25.1 Å². The Kier molecular flexibility index (Phi) is 3.03. The quantitative estimate of drug-likeness (QED) is 0.457. The van der Waals surface area contributed by atoms with Gasteiger partial charge in [-0.2, -0.15) is 0 Å². The molecule has 1 aliphatic rings. The number of hydrogen-bond acceptors (Lipinski definition) is 4. The number of methoxy groups -OCH3 is 1. The van der Waals surface area contributed by atoms with Crippen molar-refractivity contribution < 1.29 is 19.1 Å². The molecule has 0 aromatic heterocycles. The van der Waals surface area contributed by atoms with Crippen LogP contribution in [0.3, 0.4) is 0 Å². The largest absolute Gasteiger partial charge is 0.468 e. The van der Waals surface area contributed by atoms with Crippen LogP contribution in [-0.2, 0) is 19.1 Å². The normalized spacial score (nSPS) is 29.4. The predicted octanol–water partition coefficient (Wildman–Crippen LogP) is 1.35. The summed E-state index contributed by atoms with van der Waals surface area (Å²) >= 11 is 0. The van der Waals surface area contributed by atoms with Crippen molar-refractivity contribution in [2.45, 2.75) is 12.8 Å². The van der Waals surface area contributed by atoms with Crippen molar-refractivity contribution in [2.75, 3.05) is 7.11 Å². The molecule has 94 valence electrons. The van der Waals surface area contributed by atoms with E-state index in [2.05, 4.69) is 0 Å². The zero-order valence-electron chi connectivity index (χ0n) is 10.3. The van der Waals surface area contributed by atoms with E-state index in [0.717, 1.165) is 5.56 Å². The molecule has 0 bridgehead atoms. The van der Waals surface area contributed by atoms with Crippen LogP contribution in [0.25, 0.3) is 0 Å². The zero-order chi connectivity index (χ0) is 13.3. The van der Waals surface area contributed by atoms with Crippen molar-refractivity contribution in [3.8, 4) is 0 Å². The van der Waals surface area contributed by atoms with E-state index in [1.807, 2.05) is 30.3 Å². The second kappa shape index (κ2) is 4.37. The SMILES string of the molecule is COC(=O)[C@@]1(C(C)=O)[C@H](C=O)[C@H]1c1ccccc1. The van der Waals surface area contributed by atoms with Gasteiger partial charge < -0.3 is 9.53 Å². The van der Waals surface area contributed by atoms with Crippen LogP contribution in [0.4, 0.5) is 0 Å². The molecule has 1 saturated carbocycles. The first-order valence-corrected chi connectivity index (χ1v) is 5.70. The first-order valence-electron chi connectivity index (χ1n) is 5.70. The standard InChI is InChI=1S/C14H14O4/c1-9(16)14(13(17)18-2)11(8-15)12(14)10-6-4-3-5-7-10/h3-8,11-12H,1-2H3/t11-,12-,14+/m1/s1. The fourth-order valence-corrected chi connectivity index (χ4v) is 2.76. The Morgan fingerprint density at radius 3 is 2.33 bits per heavy atom. The highest BCUT2D eigenvalue weighted by molar-refractivity contribution is 6.11. The Balaban J connectivity index is 2.46. The third-order valence-corrected chi connectivity index (χ3v) is 3.68. The maximum atomic E-state index is 11.9. The first kappa shape index (κ1) is 12.5. The molecule has 1 aromatic rings. The van der Waals surface area contributed by atoms with E-state index in [1.54, 1.807) is 0 Å². The summed E-state index contributed by atoms with van der Waals surface area (Å²) in [6.45, 7) is 1.33. The van der Waals surface area contributed by atoms with Crippen molar-refractivity contribution in [1.29, 1.82) is 0 Å². The minimum atomic E-state index is -1.32. The minimum absolute atomic E-state index is 0.319. The van der Waals surface area contributed by atoms with Gasteiger partial charge in [0.25, 0.3) is 0 Å². The molecule has 18 heavy (non-hydrogen) atoms. The lowest BCUT2D eigenvalue weighted by molar-refractivity contribution is -0.152. The van der Waals surface area contributed by atoms with Crippen LogP contribution in [0.1, 0.15) is 18.4 Å². The maximum absolute atomic E-state index is 11.9. The fraction of sp³-hybridized carbons (Fsp3) is 0.357. The van der Waals surface area contributed by atoms with Gasteiger partial charge in [-0.05, 0) is 12.5 Å². The molecular weight excluding hydrogens is 232 g/mol. The highest BCUT2D eigenvalue weighted by Gasteiger charge is 2.74. The summed E-state index contributed by atoms with van der Waals surface area (Å²) in [5.74, 6) is -1.97. The summed E-state index contributed by atoms with van der Waals surface area (Å²) in [4.78, 5) is 34.8. The Morgan fingerprint density at radius 1 is 1.28 bits per heavy atom. The van der Waals surface area contributed by atoms with Gasteiger partial charge in [-0.25, -0.2) is 0 Å². The van der Waals surface area contributed by atoms with Gasteiger partial charge in [0, 0.05) is 11.8 Å². The van der Waals surface area contributed by atoms with Gasteiger partial charge in [-0.1, -0.05) is 30.3 Å². The Bertz CT molecular complexity index is 494. The van der Waals surface area contributed by atoms with Crippen molar-refractivity contribution in [3.05, 3.63) is 35.9 Å². The smallest absolute Gasteiger partial charge is 0.320 e. The number of esters is 1. The minimum Gasteiger partial charge on any atom is -0.468 e. The number of rotatable bonds is 4. The van der Waals surface area contributed by atoms with Crippen LogP contribution in [0.2, 0.25) is 0 Å². The average molecular weight is 246 g/mol. The number of carbonyl (C=O) groups is 3. The molecule has 0 radical (unpaired) electrons. The number of carbonyl (C=O) groups excluding carboxylic acids is 3. The molecule has 0 spiro atoms. The lowest BCUT2D eigenvalue weighted by Crippen LogP contribution is -2.29. The highest BCUT2D eigenvalue weighted by atomic mass is 16.5. The lowest BCUT2D eigenvalue weighted by Gasteiger charge is -2.11. The molecule has 0 heterocycles. The molecular formula is C14H14O4. The third kappa shape index (κ3) is 1.49. The van der Waals surface area contributed by atoms with Crippen LogP contribution in [0, 0.1) is 11.3 Å². The third-order valence-electron chi connectivity index (χ3n) is 3.68. The average Bonchev–Trinajstić information content (AvgIpc) is 3.09. The van der Waals surface area contributed by atoms with E-state index in [-0.39, 0.29) is 5.78 Å². The van der Waals surface area contributed by atoms with Gasteiger partial charge in [-0.3, -0.25) is 9.59 Å². The fourth-order valence-electron chi connectivity index (χ4n) is 2.76. The number of benzene rings is 1. The van der Waals surface area contributed by atoms with Gasteiger partial charge in [0.05, 0.1) is 7.11 Å². The van der Waals surface area contributed by atoms with Gasteiger partial charge in [-0.15, -0.1) is 0 Å². The van der Waals surface area contributed by atoms with Crippen LogP contribution < -0.4 is 0 Å². The first-order chi connectivity index (χ1) is 8.60. The van der Waals surface area contributed by atoms with Crippen LogP contribution >= 0.6 is 0 Å². The van der Waals surface area contributed by atoms with E-state index in [1.165, 1.54) is 14.0 Å². The number of ether oxygens (including phenoxy) is 1. The Hall–Kier alpha value is -1.97. The number of Topliss-reactive ketones (excluding diaryl/α,β-unsaturated/α-hetero) is 1. The molecule has 3 atom stereocenters. The second-order valence-electron chi connectivity index (χ2n) is 4.47. The van der Waals surface area contributed by atoms with Crippen molar-refractivity contribution in [3.63, 3.8) is 0 Å². The molecule has 0 saturated heterocycles. The van der Waals surface area contributed by atoms with Crippen LogP contribution in [0.15, 0.2) is 30.3 Å². The molecule has 1 aromatic carbocycles. The van der Waals surface area contributed by atoms with Crippen LogP contribution in [0.5, 0.6) is 0 Å². The molecule has 1 aliphatic carbocycles. The number of ketones is 1. The molecule has 4 heteroatoms. The van der Waals surface area contributed by atoms with E-state index in [4.69, 9.17) is 4.74 Å². The topological polar surface area (TPSA) is 60.4 Å². The van der Waals surface area contributed by atoms with E-state index >= 15 is 0 Å². The Morgan fingerprint density at radius 2 is 1.89 bits per heavy atom. The van der Waals surface area contributed by atoms with Gasteiger partial charge in [0.2, 0.25) is 0 Å². The molecule has 0 N–H and O–H groups in total. The molecule has 1 fully saturated rings. The number of hydrogen-bond donors (Lipinski definition) is 0. The van der Waals surface area contributed by atoms with Gasteiger partial charge in [0.15, 0.2) is 0 Å². The van der Waals surface area contributed by atoms with Crippen molar-refractivity contribution in [2.24, 2.45) is 11.3 Å². The molecule has 0 unspecified atom stereocenters. The zero-order valence-corrected chi connectivity index (χ0v) is 10.3. The van der Waals surface area contributed by atoms with Crippen molar-refractivity contribution >= 4 is 18.0 Å². The number of aldehydes is 1. The van der Waals surface area contributed by atoms with Crippen molar-refractivity contribution in [1.82, 2.24) is 0 Å². The summed E-state index contributed by atoms with van der Waals surface area (Å²) in [5, 5.41) is 0. The predicted molar refractivity (Wildman–Crippen MR) is 63.9 cm³/mol. The summed E-state index contributed by atoms with van der Waals surface area (Å²) < 4.78 is 4.70. The summed E-state index contributed by atoms with van der Waals surface area (Å²) in [5.41, 5.74) is -0.507. The summed E-state index contributed by atoms with van der Waals surface area (Å²) in [7, 11) is 1.23. The highest BCUT2D eigenvalue weighted by Crippen LogP contribution is 2.64. The monoisotopic (exact) mass is 246 g/mol. The van der Waals surface area contributed by atoms with E-state index < -0.39 is 23.2 Å². The molecule has 0 aliphatic heterocycles. The van der Waals surface area contributed by atoms with E-state index in [0.29, 0.717) is 6.29 Å². The summed E-state index contributed by atoms with van der Waals surface area (Å²) in [6.07, 6.45) is 0.677. The molecule has 0 amide bonds. The lowest BCUT2D eigenvalue weighted by atomic mass is 9.94. The van der Waals surface area contributed by atoms with Gasteiger partial charge >= 0.3 is 5.97 Å².